The molecule has 0 radical (unpaired) electrons. The third-order valence-electron chi connectivity index (χ3n) is 5.27. The fourth-order valence-corrected chi connectivity index (χ4v) is 3.86. The summed E-state index contributed by atoms with van der Waals surface area (Å²) in [6.45, 7) is 6.56. The van der Waals surface area contributed by atoms with Gasteiger partial charge < -0.3 is 15.1 Å². The van der Waals surface area contributed by atoms with Gasteiger partial charge in [0.2, 0.25) is 5.91 Å². The largest absolute Gasteiger partial charge is 0.356 e. The topological polar surface area (TPSA) is 47.9 Å². The highest BCUT2D eigenvalue weighted by atomic mass is 16.2. The summed E-state index contributed by atoms with van der Waals surface area (Å²) in [6, 6.07) is 8.60. The van der Waals surface area contributed by atoms with Gasteiger partial charge in [0.25, 0.3) is 0 Å². The first-order valence-electron chi connectivity index (χ1n) is 9.47. The van der Waals surface area contributed by atoms with Gasteiger partial charge in [-0.2, -0.15) is 0 Å². The summed E-state index contributed by atoms with van der Waals surface area (Å²) in [6.07, 6.45) is 3.96. The number of hydrogen-bond donors (Lipinski definition) is 1. The van der Waals surface area contributed by atoms with E-state index >= 15 is 0 Å². The van der Waals surface area contributed by atoms with Crippen molar-refractivity contribution in [3.63, 3.8) is 0 Å². The Labute approximate surface area is 151 Å². The molecule has 0 bridgehead atoms. The van der Waals surface area contributed by atoms with Gasteiger partial charge in [-0.1, -0.05) is 31.2 Å². The lowest BCUT2D eigenvalue weighted by Gasteiger charge is -2.32. The van der Waals surface area contributed by atoms with Crippen molar-refractivity contribution in [2.24, 2.45) is 10.9 Å². The van der Waals surface area contributed by atoms with Crippen LogP contribution in [0.1, 0.15) is 37.3 Å². The quantitative estimate of drug-likeness (QED) is 0.677. The van der Waals surface area contributed by atoms with Crippen molar-refractivity contribution in [2.75, 3.05) is 33.2 Å². The number of hydrogen-bond acceptors (Lipinski definition) is 2. The van der Waals surface area contributed by atoms with Gasteiger partial charge in [-0.3, -0.25) is 9.79 Å². The van der Waals surface area contributed by atoms with Crippen LogP contribution in [0.5, 0.6) is 0 Å². The molecule has 5 heteroatoms. The molecule has 3 rings (SSSR count). The first-order valence-corrected chi connectivity index (χ1v) is 9.47. The van der Waals surface area contributed by atoms with Crippen molar-refractivity contribution >= 4 is 11.9 Å². The van der Waals surface area contributed by atoms with Crippen LogP contribution in [-0.2, 0) is 17.8 Å². The molecule has 0 spiro atoms. The summed E-state index contributed by atoms with van der Waals surface area (Å²) < 4.78 is 0. The molecular weight excluding hydrogens is 312 g/mol. The number of likely N-dealkylation sites (tertiary alicyclic amines) is 1. The van der Waals surface area contributed by atoms with E-state index in [1.54, 1.807) is 0 Å². The molecule has 1 N–H and O–H groups in total. The molecule has 0 saturated carbocycles. The van der Waals surface area contributed by atoms with Gasteiger partial charge in [0.15, 0.2) is 5.96 Å². The Morgan fingerprint density at radius 2 is 2.04 bits per heavy atom. The number of amides is 1. The minimum atomic E-state index is 0.262. The molecule has 1 saturated heterocycles. The number of rotatable bonds is 3. The first kappa shape index (κ1) is 17.8. The fraction of sp³-hybridized carbons (Fsp3) is 0.600. The minimum absolute atomic E-state index is 0.262. The summed E-state index contributed by atoms with van der Waals surface area (Å²) in [7, 11) is 1.82. The van der Waals surface area contributed by atoms with Gasteiger partial charge in [0.05, 0.1) is 0 Å². The van der Waals surface area contributed by atoms with E-state index in [4.69, 9.17) is 0 Å². The molecule has 1 fully saturated rings. The maximum Gasteiger partial charge on any atom is 0.224 e. The predicted octanol–water partition coefficient (Wildman–Crippen LogP) is 2.27. The maximum absolute atomic E-state index is 12.4. The van der Waals surface area contributed by atoms with Crippen LogP contribution >= 0.6 is 0 Å². The minimum Gasteiger partial charge on any atom is -0.356 e. The summed E-state index contributed by atoms with van der Waals surface area (Å²) in [4.78, 5) is 21.1. The molecule has 1 aromatic rings. The molecule has 2 heterocycles. The Hall–Kier alpha value is -2.04. The van der Waals surface area contributed by atoms with E-state index in [9.17, 15) is 4.79 Å². The smallest absolute Gasteiger partial charge is 0.224 e. The highest BCUT2D eigenvalue weighted by Gasteiger charge is 2.21. The van der Waals surface area contributed by atoms with Crippen LogP contribution in [0.25, 0.3) is 0 Å². The van der Waals surface area contributed by atoms with Gasteiger partial charge in [0.1, 0.15) is 0 Å². The number of piperidine rings is 1. The zero-order chi connectivity index (χ0) is 17.6. The van der Waals surface area contributed by atoms with Crippen molar-refractivity contribution in [3.05, 3.63) is 35.4 Å². The van der Waals surface area contributed by atoms with Gasteiger partial charge in [-0.05, 0) is 36.3 Å². The van der Waals surface area contributed by atoms with Gasteiger partial charge >= 0.3 is 0 Å². The second-order valence-corrected chi connectivity index (χ2v) is 7.25. The van der Waals surface area contributed by atoms with Crippen molar-refractivity contribution in [1.29, 1.82) is 0 Å². The van der Waals surface area contributed by atoms with E-state index < -0.39 is 0 Å². The molecule has 2 aliphatic heterocycles. The van der Waals surface area contributed by atoms with Crippen molar-refractivity contribution < 1.29 is 4.79 Å². The number of guanidine groups is 1. The predicted molar refractivity (Wildman–Crippen MR) is 102 cm³/mol. The summed E-state index contributed by atoms with van der Waals surface area (Å²) in [5.41, 5.74) is 2.80. The van der Waals surface area contributed by atoms with Crippen LogP contribution in [0, 0.1) is 5.92 Å². The van der Waals surface area contributed by atoms with E-state index in [-0.39, 0.29) is 5.91 Å². The lowest BCUT2D eigenvalue weighted by molar-refractivity contribution is -0.132. The summed E-state index contributed by atoms with van der Waals surface area (Å²) in [5.74, 6) is 1.79. The lowest BCUT2D eigenvalue weighted by atomic mass is 10.00. The SMILES string of the molecule is CN=C(NCCC(=O)N1CCCC(C)C1)N1CCc2ccccc2C1. The van der Waals surface area contributed by atoms with Crippen molar-refractivity contribution in [2.45, 2.75) is 39.2 Å². The number of benzene rings is 1. The maximum atomic E-state index is 12.4. The number of fused-ring (bicyclic) bond motifs is 1. The molecular formula is C20H30N4O. The van der Waals surface area contributed by atoms with Crippen LogP contribution in [0.2, 0.25) is 0 Å². The molecule has 2 aliphatic rings. The third kappa shape index (κ3) is 4.53. The Morgan fingerprint density at radius 3 is 2.80 bits per heavy atom. The van der Waals surface area contributed by atoms with Crippen LogP contribution in [0.15, 0.2) is 29.3 Å². The average molecular weight is 342 g/mol. The van der Waals surface area contributed by atoms with Crippen LogP contribution in [0.3, 0.4) is 0 Å². The van der Waals surface area contributed by atoms with Crippen LogP contribution < -0.4 is 5.32 Å². The molecule has 0 aromatic heterocycles. The number of nitrogens with zero attached hydrogens (tertiary/aromatic N) is 3. The van der Waals surface area contributed by atoms with E-state index in [0.717, 1.165) is 45.0 Å². The Kier molecular flexibility index (Phi) is 5.95. The average Bonchev–Trinajstić information content (AvgIpc) is 2.64. The second kappa shape index (κ2) is 8.37. The first-order chi connectivity index (χ1) is 12.2. The monoisotopic (exact) mass is 342 g/mol. The highest BCUT2D eigenvalue weighted by Crippen LogP contribution is 2.18. The Bertz CT molecular complexity index is 628. The molecule has 136 valence electrons. The van der Waals surface area contributed by atoms with E-state index in [0.29, 0.717) is 18.9 Å². The number of carbonyl (C=O) groups is 1. The zero-order valence-corrected chi connectivity index (χ0v) is 15.5. The number of carbonyl (C=O) groups excluding carboxylic acids is 1. The molecule has 25 heavy (non-hydrogen) atoms. The molecule has 1 atom stereocenters. The lowest BCUT2D eigenvalue weighted by Crippen LogP contribution is -2.45. The van der Waals surface area contributed by atoms with Gasteiger partial charge in [0, 0.05) is 46.2 Å². The molecule has 1 amide bonds. The highest BCUT2D eigenvalue weighted by molar-refractivity contribution is 5.81. The molecule has 1 unspecified atom stereocenters. The Morgan fingerprint density at radius 1 is 1.24 bits per heavy atom. The normalized spacial score (nSPS) is 21.0. The molecule has 5 nitrogen and oxygen atoms in total. The molecule has 1 aromatic carbocycles. The van der Waals surface area contributed by atoms with E-state index in [2.05, 4.69) is 46.4 Å². The zero-order valence-electron chi connectivity index (χ0n) is 15.5. The number of nitrogens with one attached hydrogen (secondary N) is 1. The summed E-state index contributed by atoms with van der Waals surface area (Å²) >= 11 is 0. The van der Waals surface area contributed by atoms with Crippen molar-refractivity contribution in [1.82, 2.24) is 15.1 Å². The number of aliphatic imine (C=N–C) groups is 1. The Balaban J connectivity index is 1.48. The van der Waals surface area contributed by atoms with E-state index in [1.165, 1.54) is 17.5 Å². The van der Waals surface area contributed by atoms with E-state index in [1.807, 2.05) is 11.9 Å². The standard InChI is InChI=1S/C20H30N4O/c1-16-6-5-12-23(14-16)19(25)9-11-22-20(21-2)24-13-10-17-7-3-4-8-18(17)15-24/h3-4,7-8,16H,5-6,9-15H2,1-2H3,(H,21,22). The van der Waals surface area contributed by atoms with Crippen molar-refractivity contribution in [3.8, 4) is 0 Å². The fourth-order valence-electron chi connectivity index (χ4n) is 3.86. The van der Waals surface area contributed by atoms with Crippen LogP contribution in [-0.4, -0.2) is 54.9 Å². The second-order valence-electron chi connectivity index (χ2n) is 7.25. The van der Waals surface area contributed by atoms with Crippen LogP contribution in [0.4, 0.5) is 0 Å². The van der Waals surface area contributed by atoms with Gasteiger partial charge in [-0.15, -0.1) is 0 Å². The summed E-state index contributed by atoms with van der Waals surface area (Å²) in [5, 5.41) is 3.38. The third-order valence-corrected chi connectivity index (χ3v) is 5.27. The van der Waals surface area contributed by atoms with Gasteiger partial charge in [-0.25, -0.2) is 0 Å². The molecule has 0 aliphatic carbocycles.